The van der Waals surface area contributed by atoms with E-state index in [1.807, 2.05) is 4.90 Å². The van der Waals surface area contributed by atoms with Gasteiger partial charge >= 0.3 is 7.60 Å². The molecule has 50 heavy (non-hydrogen) atoms. The van der Waals surface area contributed by atoms with Gasteiger partial charge in [0, 0.05) is 31.1 Å². The van der Waals surface area contributed by atoms with Crippen molar-refractivity contribution in [3.05, 3.63) is 23.0 Å². The Bertz CT molecular complexity index is 1810. The van der Waals surface area contributed by atoms with Crippen LogP contribution in [0.2, 0.25) is 0 Å². The molecule has 274 valence electrons. The molecule has 5 heterocycles. The number of nitrogens with two attached hydrogens (primary N) is 2. The van der Waals surface area contributed by atoms with Gasteiger partial charge in [-0.15, -0.1) is 0 Å². The van der Waals surface area contributed by atoms with Crippen molar-refractivity contribution in [2.24, 2.45) is 4.99 Å². The normalized spacial score (nSPS) is 21.6. The maximum atomic E-state index is 13.4. The van der Waals surface area contributed by atoms with Crippen LogP contribution in [-0.4, -0.2) is 131 Å². The van der Waals surface area contributed by atoms with Gasteiger partial charge in [-0.05, 0) is 27.7 Å². The molecule has 0 aliphatic carbocycles. The van der Waals surface area contributed by atoms with E-state index < -0.39 is 49.1 Å². The number of imidazole rings is 1. The highest BCUT2D eigenvalue weighted by molar-refractivity contribution is 7.99. The summed E-state index contributed by atoms with van der Waals surface area (Å²) in [5.41, 5.74) is 10.7. The van der Waals surface area contributed by atoms with E-state index >= 15 is 0 Å². The smallest absolute Gasteiger partial charge is 0.344 e. The molecule has 5 rings (SSSR count). The summed E-state index contributed by atoms with van der Waals surface area (Å²) < 4.78 is 32.0. The van der Waals surface area contributed by atoms with E-state index in [9.17, 15) is 24.4 Å². The highest BCUT2D eigenvalue weighted by Crippen LogP contribution is 2.48. The number of hydrogen-bond acceptors (Lipinski definition) is 18. The molecule has 1 saturated heterocycles. The zero-order valence-corrected chi connectivity index (χ0v) is 29.8. The largest absolute Gasteiger partial charge is 0.387 e. The Morgan fingerprint density at radius 3 is 2.64 bits per heavy atom. The molecular formula is C28H43N12O8PS. The second-order valence-corrected chi connectivity index (χ2v) is 15.2. The molecule has 0 radical (unpaired) electrons. The van der Waals surface area contributed by atoms with Crippen LogP contribution in [0.3, 0.4) is 0 Å². The summed E-state index contributed by atoms with van der Waals surface area (Å²) in [5.74, 6) is 0.627. The number of aliphatic hydroxyl groups excluding tert-OH is 2. The molecule has 1 fully saturated rings. The van der Waals surface area contributed by atoms with Crippen molar-refractivity contribution in [2.75, 3.05) is 67.4 Å². The van der Waals surface area contributed by atoms with Crippen molar-refractivity contribution in [3.63, 3.8) is 0 Å². The number of aliphatic imine (C=N–C) groups is 1. The lowest BCUT2D eigenvalue weighted by molar-refractivity contribution is -0.115. The van der Waals surface area contributed by atoms with Crippen LogP contribution in [-0.2, 0) is 23.1 Å². The first kappa shape index (κ1) is 37.6. The number of amides is 1. The van der Waals surface area contributed by atoms with Crippen LogP contribution < -0.4 is 27.7 Å². The first-order valence-corrected chi connectivity index (χ1v) is 18.8. The van der Waals surface area contributed by atoms with Crippen molar-refractivity contribution < 1.29 is 33.4 Å². The van der Waals surface area contributed by atoms with E-state index in [2.05, 4.69) is 40.5 Å². The number of ether oxygens (including phenoxy) is 1. The number of nitrogen functional groups attached to an aromatic ring is 2. The predicted octanol–water partition coefficient (Wildman–Crippen LogP) is 0.0450. The van der Waals surface area contributed by atoms with Crippen LogP contribution in [0.25, 0.3) is 11.2 Å². The molecule has 0 saturated carbocycles. The highest BCUT2D eigenvalue weighted by atomic mass is 32.2. The minimum absolute atomic E-state index is 0.0308. The van der Waals surface area contributed by atoms with Gasteiger partial charge in [0.15, 0.2) is 29.2 Å². The molecule has 4 atom stereocenters. The van der Waals surface area contributed by atoms with Gasteiger partial charge < -0.3 is 46.1 Å². The first-order valence-electron chi connectivity index (χ1n) is 15.9. The number of nitrogens with one attached hydrogen (secondary N) is 3. The molecule has 2 aliphatic rings. The summed E-state index contributed by atoms with van der Waals surface area (Å²) in [5, 5.41) is 27.5. The van der Waals surface area contributed by atoms with E-state index in [1.165, 1.54) is 29.0 Å². The molecule has 0 unspecified atom stereocenters. The average Bonchev–Trinajstić information content (AvgIpc) is 3.59. The van der Waals surface area contributed by atoms with Gasteiger partial charge in [0.05, 0.1) is 31.2 Å². The fourth-order valence-corrected chi connectivity index (χ4v) is 8.44. The van der Waals surface area contributed by atoms with Crippen molar-refractivity contribution >= 4 is 65.4 Å². The number of aromatic nitrogens is 6. The Labute approximate surface area is 291 Å². The predicted molar refractivity (Wildman–Crippen MR) is 187 cm³/mol. The first-order chi connectivity index (χ1) is 23.8. The minimum atomic E-state index is -3.49. The second-order valence-electron chi connectivity index (χ2n) is 12.0. The second kappa shape index (κ2) is 15.7. The van der Waals surface area contributed by atoms with Gasteiger partial charge in [-0.25, -0.2) is 19.9 Å². The molecular weight excluding hydrogens is 695 g/mol. The standard InChI is InChI=1S/C28H43N12O8PS/c1-5-46-49(45,47-6-2)14-39(8-7-31-25(44)20-28(3,4)38-22-17(35-20)24(43)37-27(30)36-22)9-10-50-11-15-18(41)19(42)26(48-15)40-13-34-16-21(29)32-12-33-23(16)40/h12-13,15,18-19,26,41-42H,5-11,14H2,1-4H3,(H,31,44)(H2,29,32,33)(H4,30,36,37,38,43)/t15-,18+,19+,26-/m1/s1. The number of hydrogen-bond donors (Lipinski definition) is 7. The molecule has 3 aromatic heterocycles. The number of H-pyrrole nitrogens is 1. The number of rotatable bonds is 16. The third-order valence-electron chi connectivity index (χ3n) is 7.95. The lowest BCUT2D eigenvalue weighted by Crippen LogP contribution is -2.51. The zero-order chi connectivity index (χ0) is 36.2. The quantitative estimate of drug-likeness (QED) is 0.0754. The van der Waals surface area contributed by atoms with Crippen LogP contribution in [0.1, 0.15) is 33.9 Å². The lowest BCUT2D eigenvalue weighted by atomic mass is 9.95. The fraction of sp³-hybridized carbons (Fsp3) is 0.607. The molecule has 1 amide bonds. The number of fused-ring (bicyclic) bond motifs is 2. The van der Waals surface area contributed by atoms with Gasteiger partial charge in [0.1, 0.15) is 36.0 Å². The number of aliphatic hydroxyl groups is 2. The van der Waals surface area contributed by atoms with Gasteiger partial charge in [0.25, 0.3) is 11.5 Å². The average molecular weight is 739 g/mol. The maximum absolute atomic E-state index is 13.4. The van der Waals surface area contributed by atoms with Gasteiger partial charge in [-0.2, -0.15) is 16.7 Å². The Hall–Kier alpha value is -3.69. The van der Waals surface area contributed by atoms with Crippen LogP contribution >= 0.6 is 19.4 Å². The van der Waals surface area contributed by atoms with Crippen molar-refractivity contribution in [3.8, 4) is 0 Å². The highest BCUT2D eigenvalue weighted by Gasteiger charge is 2.44. The van der Waals surface area contributed by atoms with Gasteiger partial charge in [-0.1, -0.05) is 0 Å². The number of carbonyl (C=O) groups is 1. The number of aromatic amines is 1. The lowest BCUT2D eigenvalue weighted by Gasteiger charge is -2.32. The van der Waals surface area contributed by atoms with Crippen molar-refractivity contribution in [2.45, 2.75) is 57.8 Å². The molecule has 0 aromatic carbocycles. The fourth-order valence-electron chi connectivity index (χ4n) is 5.58. The zero-order valence-electron chi connectivity index (χ0n) is 28.1. The summed E-state index contributed by atoms with van der Waals surface area (Å²) in [6, 6.07) is 0. The Balaban J connectivity index is 1.20. The Kier molecular flexibility index (Phi) is 11.8. The van der Waals surface area contributed by atoms with Gasteiger partial charge in [0.2, 0.25) is 5.95 Å². The molecule has 22 heteroatoms. The SMILES string of the molecule is CCOP(=O)(CN(CCNC(=O)C1=Nc2c(nc(N)[nH]c2=O)NC1(C)C)CCSC[C@H]1O[C@@H](n2cnc3c(N)ncnc32)[C@@H](O)[C@H]1O)OCC. The van der Waals surface area contributed by atoms with E-state index in [1.54, 1.807) is 27.7 Å². The van der Waals surface area contributed by atoms with Crippen LogP contribution in [0, 0.1) is 0 Å². The molecule has 0 bridgehead atoms. The van der Waals surface area contributed by atoms with E-state index in [4.69, 9.17) is 25.3 Å². The third-order valence-corrected chi connectivity index (χ3v) is 11.0. The van der Waals surface area contributed by atoms with Crippen molar-refractivity contribution in [1.82, 2.24) is 39.7 Å². The number of anilines is 3. The summed E-state index contributed by atoms with van der Waals surface area (Å²) in [6.07, 6.45) is -1.38. The monoisotopic (exact) mass is 738 g/mol. The maximum Gasteiger partial charge on any atom is 0.344 e. The van der Waals surface area contributed by atoms with Crippen LogP contribution in [0.4, 0.5) is 23.3 Å². The summed E-state index contributed by atoms with van der Waals surface area (Å²) in [6.45, 7) is 8.10. The van der Waals surface area contributed by atoms with Crippen LogP contribution in [0.5, 0.6) is 0 Å². The van der Waals surface area contributed by atoms with E-state index in [-0.39, 0.29) is 61.6 Å². The number of nitrogens with zero attached hydrogens (tertiary/aromatic N) is 7. The van der Waals surface area contributed by atoms with E-state index in [0.29, 0.717) is 29.2 Å². The topological polar surface area (TPSA) is 283 Å². The minimum Gasteiger partial charge on any atom is -0.387 e. The molecule has 20 nitrogen and oxygen atoms in total. The number of thioether (sulfide) groups is 1. The van der Waals surface area contributed by atoms with Gasteiger partial charge in [-0.3, -0.25) is 28.6 Å². The molecule has 0 spiro atoms. The van der Waals surface area contributed by atoms with E-state index in [0.717, 1.165) is 0 Å². The third kappa shape index (κ3) is 8.26. The summed E-state index contributed by atoms with van der Waals surface area (Å²) in [4.78, 5) is 50.7. The Morgan fingerprint density at radius 1 is 1.18 bits per heavy atom. The molecule has 2 aliphatic heterocycles. The molecule has 3 aromatic rings. The van der Waals surface area contributed by atoms with Crippen molar-refractivity contribution in [1.29, 1.82) is 0 Å². The summed E-state index contributed by atoms with van der Waals surface area (Å²) >= 11 is 1.46. The number of carbonyl (C=O) groups excluding carboxylic acids is 1. The molecule has 9 N–H and O–H groups in total. The Morgan fingerprint density at radius 2 is 1.92 bits per heavy atom. The summed E-state index contributed by atoms with van der Waals surface area (Å²) in [7, 11) is -3.49. The van der Waals surface area contributed by atoms with Crippen LogP contribution in [0.15, 0.2) is 22.4 Å².